The van der Waals surface area contributed by atoms with Crippen molar-refractivity contribution < 1.29 is 9.59 Å². The summed E-state index contributed by atoms with van der Waals surface area (Å²) in [5.41, 5.74) is 2.31. The Morgan fingerprint density at radius 3 is 2.74 bits per heavy atom. The number of amides is 2. The molecule has 1 fully saturated rings. The second kappa shape index (κ2) is 8.11. The molecule has 0 saturated carbocycles. The van der Waals surface area contributed by atoms with E-state index in [0.29, 0.717) is 18.0 Å². The van der Waals surface area contributed by atoms with E-state index in [1.807, 2.05) is 19.1 Å². The van der Waals surface area contributed by atoms with Crippen LogP contribution in [-0.2, 0) is 4.79 Å². The molecule has 1 aliphatic heterocycles. The van der Waals surface area contributed by atoms with Crippen LogP contribution in [0.4, 0.5) is 5.69 Å². The standard InChI is InChI=1S/C18H27N3O2/c1-12(2)10-20-17(22)14-6-7-16(13(3)9-14)21-18(23)15-5-4-8-19-11-15/h6-7,9,12,15,19H,4-5,8,10-11H2,1-3H3,(H,20,22)(H,21,23). The van der Waals surface area contributed by atoms with Gasteiger partial charge in [0.05, 0.1) is 5.92 Å². The van der Waals surface area contributed by atoms with Gasteiger partial charge in [0.25, 0.3) is 5.91 Å². The van der Waals surface area contributed by atoms with Gasteiger partial charge in [-0.25, -0.2) is 0 Å². The van der Waals surface area contributed by atoms with Gasteiger partial charge in [-0.1, -0.05) is 13.8 Å². The zero-order valence-corrected chi connectivity index (χ0v) is 14.2. The van der Waals surface area contributed by atoms with Gasteiger partial charge >= 0.3 is 0 Å². The van der Waals surface area contributed by atoms with E-state index in [0.717, 1.165) is 37.2 Å². The highest BCUT2D eigenvalue weighted by molar-refractivity contribution is 5.97. The Bertz CT molecular complexity index is 563. The van der Waals surface area contributed by atoms with Crippen molar-refractivity contribution in [3.8, 4) is 0 Å². The Morgan fingerprint density at radius 1 is 1.35 bits per heavy atom. The Labute approximate surface area is 138 Å². The van der Waals surface area contributed by atoms with Crippen LogP contribution in [0.3, 0.4) is 0 Å². The van der Waals surface area contributed by atoms with E-state index >= 15 is 0 Å². The Hall–Kier alpha value is -1.88. The fourth-order valence-corrected chi connectivity index (χ4v) is 2.65. The van der Waals surface area contributed by atoms with Crippen LogP contribution < -0.4 is 16.0 Å². The van der Waals surface area contributed by atoms with Crippen LogP contribution in [0.1, 0.15) is 42.6 Å². The first kappa shape index (κ1) is 17.5. The van der Waals surface area contributed by atoms with Gasteiger partial charge < -0.3 is 16.0 Å². The molecule has 126 valence electrons. The minimum atomic E-state index is -0.0730. The molecule has 0 radical (unpaired) electrons. The molecule has 1 aromatic rings. The summed E-state index contributed by atoms with van der Waals surface area (Å²) in [6, 6.07) is 5.40. The van der Waals surface area contributed by atoms with Gasteiger partial charge in [0.2, 0.25) is 5.91 Å². The van der Waals surface area contributed by atoms with Crippen LogP contribution in [0.15, 0.2) is 18.2 Å². The molecule has 0 spiro atoms. The van der Waals surface area contributed by atoms with E-state index in [4.69, 9.17) is 0 Å². The number of rotatable bonds is 5. The smallest absolute Gasteiger partial charge is 0.251 e. The molecular formula is C18H27N3O2. The van der Waals surface area contributed by atoms with E-state index in [2.05, 4.69) is 29.8 Å². The van der Waals surface area contributed by atoms with E-state index in [9.17, 15) is 9.59 Å². The van der Waals surface area contributed by atoms with Crippen molar-refractivity contribution in [3.63, 3.8) is 0 Å². The van der Waals surface area contributed by atoms with Crippen LogP contribution >= 0.6 is 0 Å². The van der Waals surface area contributed by atoms with Gasteiger partial charge in [-0.05, 0) is 56.0 Å². The predicted molar refractivity (Wildman–Crippen MR) is 92.6 cm³/mol. The summed E-state index contributed by atoms with van der Waals surface area (Å²) in [6.07, 6.45) is 1.96. The molecule has 2 amide bonds. The number of hydrogen-bond acceptors (Lipinski definition) is 3. The number of benzene rings is 1. The van der Waals surface area contributed by atoms with Gasteiger partial charge in [-0.2, -0.15) is 0 Å². The molecule has 5 nitrogen and oxygen atoms in total. The average molecular weight is 317 g/mol. The Kier molecular flexibility index (Phi) is 6.16. The highest BCUT2D eigenvalue weighted by atomic mass is 16.2. The van der Waals surface area contributed by atoms with E-state index < -0.39 is 0 Å². The van der Waals surface area contributed by atoms with Crippen molar-refractivity contribution in [2.24, 2.45) is 11.8 Å². The summed E-state index contributed by atoms with van der Waals surface area (Å²) in [7, 11) is 0. The van der Waals surface area contributed by atoms with Crippen molar-refractivity contribution in [1.82, 2.24) is 10.6 Å². The molecule has 1 unspecified atom stereocenters. The monoisotopic (exact) mass is 317 g/mol. The third-order valence-corrected chi connectivity index (χ3v) is 4.08. The zero-order chi connectivity index (χ0) is 16.8. The lowest BCUT2D eigenvalue weighted by Crippen LogP contribution is -2.37. The minimum absolute atomic E-state index is 0.0252. The summed E-state index contributed by atoms with van der Waals surface area (Å²) >= 11 is 0. The Balaban J connectivity index is 1.98. The number of carbonyl (C=O) groups is 2. The maximum absolute atomic E-state index is 12.3. The second-order valence-corrected chi connectivity index (χ2v) is 6.67. The first-order valence-corrected chi connectivity index (χ1v) is 8.38. The van der Waals surface area contributed by atoms with Crippen LogP contribution in [0.2, 0.25) is 0 Å². The van der Waals surface area contributed by atoms with Crippen molar-refractivity contribution in [3.05, 3.63) is 29.3 Å². The summed E-state index contributed by atoms with van der Waals surface area (Å²) in [5.74, 6) is 0.424. The summed E-state index contributed by atoms with van der Waals surface area (Å²) in [6.45, 7) is 8.41. The fraction of sp³-hybridized carbons (Fsp3) is 0.556. The van der Waals surface area contributed by atoms with Crippen LogP contribution in [0, 0.1) is 18.8 Å². The topological polar surface area (TPSA) is 70.2 Å². The SMILES string of the molecule is Cc1cc(C(=O)NCC(C)C)ccc1NC(=O)C1CCCNC1. The number of nitrogens with one attached hydrogen (secondary N) is 3. The molecule has 1 saturated heterocycles. The van der Waals surface area contributed by atoms with Crippen LogP contribution in [0.25, 0.3) is 0 Å². The molecule has 1 atom stereocenters. The maximum atomic E-state index is 12.3. The summed E-state index contributed by atoms with van der Waals surface area (Å²) in [5, 5.41) is 9.14. The first-order chi connectivity index (χ1) is 11.0. The molecule has 1 heterocycles. The minimum Gasteiger partial charge on any atom is -0.352 e. The van der Waals surface area contributed by atoms with Gasteiger partial charge in [-0.3, -0.25) is 9.59 Å². The number of carbonyl (C=O) groups excluding carboxylic acids is 2. The van der Waals surface area contributed by atoms with Crippen LogP contribution in [-0.4, -0.2) is 31.4 Å². The number of piperidine rings is 1. The third-order valence-electron chi connectivity index (χ3n) is 4.08. The normalized spacial score (nSPS) is 17.8. The molecule has 0 aromatic heterocycles. The maximum Gasteiger partial charge on any atom is 0.251 e. The van der Waals surface area contributed by atoms with E-state index in [1.54, 1.807) is 6.07 Å². The van der Waals surface area contributed by atoms with Crippen LogP contribution in [0.5, 0.6) is 0 Å². The molecule has 3 N–H and O–H groups in total. The van der Waals surface area contributed by atoms with Gasteiger partial charge in [0.1, 0.15) is 0 Å². The van der Waals surface area contributed by atoms with E-state index in [-0.39, 0.29) is 17.7 Å². The molecule has 0 aliphatic carbocycles. The number of hydrogen-bond donors (Lipinski definition) is 3. The van der Waals surface area contributed by atoms with Gasteiger partial charge in [0.15, 0.2) is 0 Å². The molecule has 0 bridgehead atoms. The van der Waals surface area contributed by atoms with Crippen molar-refractivity contribution in [2.45, 2.75) is 33.6 Å². The third kappa shape index (κ3) is 5.06. The quantitative estimate of drug-likeness (QED) is 0.780. The fourth-order valence-electron chi connectivity index (χ4n) is 2.65. The second-order valence-electron chi connectivity index (χ2n) is 6.67. The molecule has 1 aromatic carbocycles. The summed E-state index contributed by atoms with van der Waals surface area (Å²) < 4.78 is 0. The Morgan fingerprint density at radius 2 is 2.13 bits per heavy atom. The number of aryl methyl sites for hydroxylation is 1. The van der Waals surface area contributed by atoms with E-state index in [1.165, 1.54) is 0 Å². The highest BCUT2D eigenvalue weighted by Crippen LogP contribution is 2.19. The molecular weight excluding hydrogens is 290 g/mol. The lowest BCUT2D eigenvalue weighted by Gasteiger charge is -2.22. The first-order valence-electron chi connectivity index (χ1n) is 8.38. The summed E-state index contributed by atoms with van der Waals surface area (Å²) in [4.78, 5) is 24.4. The lowest BCUT2D eigenvalue weighted by atomic mass is 9.98. The van der Waals surface area contributed by atoms with Gasteiger partial charge in [0, 0.05) is 24.3 Å². The lowest BCUT2D eigenvalue weighted by molar-refractivity contribution is -0.120. The zero-order valence-electron chi connectivity index (χ0n) is 14.2. The van der Waals surface area contributed by atoms with Crippen molar-refractivity contribution >= 4 is 17.5 Å². The molecule has 5 heteroatoms. The average Bonchev–Trinajstić information content (AvgIpc) is 2.55. The van der Waals surface area contributed by atoms with Crippen molar-refractivity contribution in [2.75, 3.05) is 25.0 Å². The highest BCUT2D eigenvalue weighted by Gasteiger charge is 2.21. The molecule has 2 rings (SSSR count). The molecule has 1 aliphatic rings. The van der Waals surface area contributed by atoms with Crippen molar-refractivity contribution in [1.29, 1.82) is 0 Å². The predicted octanol–water partition coefficient (Wildman–Crippen LogP) is 2.32. The largest absolute Gasteiger partial charge is 0.352 e. The van der Waals surface area contributed by atoms with Gasteiger partial charge in [-0.15, -0.1) is 0 Å². The number of anilines is 1. The molecule has 23 heavy (non-hydrogen) atoms.